The number of benzene rings is 1. The van der Waals surface area contributed by atoms with Crippen LogP contribution in [-0.4, -0.2) is 45.9 Å². The monoisotopic (exact) mass is 451 g/mol. The number of nitrogens with two attached hydrogens (primary N) is 2. The number of nitrogens with one attached hydrogen (secondary N) is 2. The fourth-order valence-corrected chi connectivity index (χ4v) is 2.15. The lowest BCUT2D eigenvalue weighted by molar-refractivity contribution is -0.139. The van der Waals surface area contributed by atoms with Crippen molar-refractivity contribution >= 4 is 35.4 Å². The second-order valence-corrected chi connectivity index (χ2v) is 6.33. The average molecular weight is 451 g/mol. The Morgan fingerprint density at radius 3 is 2.34 bits per heavy atom. The topological polar surface area (TPSA) is 190 Å². The Morgan fingerprint density at radius 2 is 1.81 bits per heavy atom. The first-order valence-corrected chi connectivity index (χ1v) is 9.51. The predicted molar refractivity (Wildman–Crippen MR) is 116 cm³/mol. The Labute approximate surface area is 183 Å². The van der Waals surface area contributed by atoms with Gasteiger partial charge >= 0.3 is 18.0 Å². The quantitative estimate of drug-likeness (QED) is 0.330. The summed E-state index contributed by atoms with van der Waals surface area (Å²) in [6.45, 7) is 2.47. The van der Waals surface area contributed by atoms with Gasteiger partial charge in [0.05, 0.1) is 12.3 Å². The van der Waals surface area contributed by atoms with Gasteiger partial charge in [-0.05, 0) is 43.2 Å². The third kappa shape index (κ3) is 10.2. The van der Waals surface area contributed by atoms with Gasteiger partial charge in [0.2, 0.25) is 0 Å². The van der Waals surface area contributed by atoms with Gasteiger partial charge < -0.3 is 31.7 Å². The minimum Gasteiger partial charge on any atom is -0.481 e. The molecule has 174 valence electrons. The van der Waals surface area contributed by atoms with E-state index in [1.165, 1.54) is 12.1 Å². The van der Waals surface area contributed by atoms with Crippen LogP contribution < -0.4 is 22.1 Å². The standard InChI is InChI=1S/C15H17FN4O2.C5H9NO4/c1-2-22-15(21)19-12-7-8-13(20-14(12)17)18-9-10-3-5-11(16)6-4-10;6-3(5(9)10)1-2-4(7)8/h3-8H,2,9H2,1H3,(H,19,21)(H3,17,18,20);3H,1-2,6H2,(H,7,8)(H,9,10). The summed E-state index contributed by atoms with van der Waals surface area (Å²) in [5, 5.41) is 21.8. The number of rotatable bonds is 9. The Bertz CT molecular complexity index is 910. The van der Waals surface area contributed by atoms with E-state index < -0.39 is 24.1 Å². The van der Waals surface area contributed by atoms with Crippen molar-refractivity contribution in [3.05, 3.63) is 47.8 Å². The van der Waals surface area contributed by atoms with Crippen molar-refractivity contribution in [3.63, 3.8) is 0 Å². The van der Waals surface area contributed by atoms with E-state index in [1.54, 1.807) is 31.2 Å². The molecule has 1 aromatic heterocycles. The molecule has 11 nitrogen and oxygen atoms in total. The molecule has 0 aliphatic heterocycles. The minimum atomic E-state index is -1.17. The zero-order chi connectivity index (χ0) is 24.1. The molecule has 0 bridgehead atoms. The second-order valence-electron chi connectivity index (χ2n) is 6.33. The molecular weight excluding hydrogens is 425 g/mol. The van der Waals surface area contributed by atoms with E-state index in [-0.39, 0.29) is 31.1 Å². The number of carbonyl (C=O) groups excluding carboxylic acids is 1. The number of nitrogens with zero attached hydrogens (tertiary/aromatic N) is 1. The maximum atomic E-state index is 12.8. The molecule has 8 N–H and O–H groups in total. The molecule has 1 aromatic carbocycles. The van der Waals surface area contributed by atoms with Crippen LogP contribution in [0.2, 0.25) is 0 Å². The highest BCUT2D eigenvalue weighted by Crippen LogP contribution is 2.19. The zero-order valence-corrected chi connectivity index (χ0v) is 17.4. The Morgan fingerprint density at radius 1 is 1.16 bits per heavy atom. The van der Waals surface area contributed by atoms with Gasteiger partial charge in [-0.25, -0.2) is 14.2 Å². The Kier molecular flexibility index (Phi) is 10.9. The SMILES string of the molecule is CCOC(=O)Nc1ccc(NCc2ccc(F)cc2)nc1N.NC(CCC(=O)O)C(=O)O. The maximum absolute atomic E-state index is 12.8. The summed E-state index contributed by atoms with van der Waals surface area (Å²) >= 11 is 0. The molecule has 0 aliphatic carbocycles. The minimum absolute atomic E-state index is 0.0231. The van der Waals surface area contributed by atoms with Gasteiger partial charge in [-0.3, -0.25) is 14.9 Å². The van der Waals surface area contributed by atoms with Crippen LogP contribution in [-0.2, 0) is 20.9 Å². The summed E-state index contributed by atoms with van der Waals surface area (Å²) in [6, 6.07) is 8.41. The summed E-state index contributed by atoms with van der Waals surface area (Å²) in [6.07, 6.45) is -0.805. The molecule has 0 aliphatic rings. The van der Waals surface area contributed by atoms with Crippen LogP contribution in [0.3, 0.4) is 0 Å². The van der Waals surface area contributed by atoms with Crippen molar-refractivity contribution in [2.45, 2.75) is 32.4 Å². The first-order valence-electron chi connectivity index (χ1n) is 9.51. The number of ether oxygens (including phenoxy) is 1. The van der Waals surface area contributed by atoms with Gasteiger partial charge in [0, 0.05) is 13.0 Å². The number of carboxylic acids is 2. The van der Waals surface area contributed by atoms with Gasteiger partial charge in [0.25, 0.3) is 0 Å². The summed E-state index contributed by atoms with van der Waals surface area (Å²) in [4.78, 5) is 35.3. The lowest BCUT2D eigenvalue weighted by Gasteiger charge is -2.10. The highest BCUT2D eigenvalue weighted by atomic mass is 19.1. The number of amides is 1. The molecule has 0 saturated carbocycles. The molecule has 1 unspecified atom stereocenters. The van der Waals surface area contributed by atoms with Crippen LogP contribution in [0.4, 0.5) is 26.5 Å². The maximum Gasteiger partial charge on any atom is 0.411 e. The molecule has 1 heterocycles. The van der Waals surface area contributed by atoms with E-state index in [0.717, 1.165) is 5.56 Å². The van der Waals surface area contributed by atoms with E-state index in [1.807, 2.05) is 0 Å². The largest absolute Gasteiger partial charge is 0.481 e. The third-order valence-electron chi connectivity index (χ3n) is 3.81. The van der Waals surface area contributed by atoms with Crippen molar-refractivity contribution in [3.8, 4) is 0 Å². The number of aliphatic carboxylic acids is 2. The molecule has 0 radical (unpaired) electrons. The fraction of sp³-hybridized carbons (Fsp3) is 0.300. The van der Waals surface area contributed by atoms with E-state index in [0.29, 0.717) is 18.1 Å². The number of anilines is 3. The number of pyridine rings is 1. The van der Waals surface area contributed by atoms with Gasteiger partial charge in [-0.2, -0.15) is 0 Å². The van der Waals surface area contributed by atoms with Crippen molar-refractivity contribution in [1.82, 2.24) is 4.98 Å². The number of hydrogen-bond donors (Lipinski definition) is 6. The molecule has 0 fully saturated rings. The molecule has 12 heteroatoms. The summed E-state index contributed by atoms with van der Waals surface area (Å²) in [5.74, 6) is -1.74. The first kappa shape index (κ1) is 26.1. The first-order chi connectivity index (χ1) is 15.1. The highest BCUT2D eigenvalue weighted by Gasteiger charge is 2.12. The van der Waals surface area contributed by atoms with Crippen molar-refractivity contribution in [2.24, 2.45) is 5.73 Å². The van der Waals surface area contributed by atoms with E-state index in [4.69, 9.17) is 26.4 Å². The van der Waals surface area contributed by atoms with Crippen molar-refractivity contribution in [1.29, 1.82) is 0 Å². The van der Waals surface area contributed by atoms with Crippen molar-refractivity contribution < 1.29 is 33.7 Å². The van der Waals surface area contributed by atoms with Crippen molar-refractivity contribution in [2.75, 3.05) is 23.0 Å². The van der Waals surface area contributed by atoms with Crippen LogP contribution in [0.25, 0.3) is 0 Å². The molecule has 2 rings (SSSR count). The number of carboxylic acid groups (broad SMARTS) is 2. The van der Waals surface area contributed by atoms with Gasteiger partial charge in [0.1, 0.15) is 23.5 Å². The summed E-state index contributed by atoms with van der Waals surface area (Å²) in [7, 11) is 0. The molecule has 1 amide bonds. The van der Waals surface area contributed by atoms with E-state index in [9.17, 15) is 18.8 Å². The summed E-state index contributed by atoms with van der Waals surface area (Å²) in [5.41, 5.74) is 12.1. The van der Waals surface area contributed by atoms with Gasteiger partial charge in [-0.1, -0.05) is 12.1 Å². The lowest BCUT2D eigenvalue weighted by Crippen LogP contribution is -2.30. The fourth-order valence-electron chi connectivity index (χ4n) is 2.15. The smallest absolute Gasteiger partial charge is 0.411 e. The third-order valence-corrected chi connectivity index (χ3v) is 3.81. The second kappa shape index (κ2) is 13.4. The number of halogens is 1. The van der Waals surface area contributed by atoms with Gasteiger partial charge in [0.15, 0.2) is 0 Å². The molecule has 32 heavy (non-hydrogen) atoms. The predicted octanol–water partition coefficient (Wildman–Crippen LogP) is 2.25. The van der Waals surface area contributed by atoms with Crippen LogP contribution >= 0.6 is 0 Å². The molecule has 1 atom stereocenters. The molecule has 0 saturated heterocycles. The van der Waals surface area contributed by atoms with E-state index >= 15 is 0 Å². The Hall–Kier alpha value is -3.93. The molecule has 2 aromatic rings. The van der Waals surface area contributed by atoms with E-state index in [2.05, 4.69) is 15.6 Å². The zero-order valence-electron chi connectivity index (χ0n) is 17.4. The lowest BCUT2D eigenvalue weighted by atomic mass is 10.2. The summed E-state index contributed by atoms with van der Waals surface area (Å²) < 4.78 is 17.6. The van der Waals surface area contributed by atoms with Crippen LogP contribution in [0.1, 0.15) is 25.3 Å². The normalized spacial score (nSPS) is 10.8. The highest BCUT2D eigenvalue weighted by molar-refractivity contribution is 5.88. The molecule has 0 spiro atoms. The Balaban J connectivity index is 0.000000433. The number of aromatic nitrogens is 1. The number of carbonyl (C=O) groups is 3. The number of hydrogen-bond acceptors (Lipinski definition) is 8. The number of nitrogen functional groups attached to an aromatic ring is 1. The van der Waals surface area contributed by atoms with Crippen LogP contribution in [0.5, 0.6) is 0 Å². The van der Waals surface area contributed by atoms with Crippen LogP contribution in [0, 0.1) is 5.82 Å². The molecular formula is C20H26FN5O6. The van der Waals surface area contributed by atoms with Gasteiger partial charge in [-0.15, -0.1) is 0 Å². The average Bonchev–Trinajstić information content (AvgIpc) is 2.74. The van der Waals surface area contributed by atoms with Crippen LogP contribution in [0.15, 0.2) is 36.4 Å².